The van der Waals surface area contributed by atoms with E-state index in [-0.39, 0.29) is 37.0 Å². The van der Waals surface area contributed by atoms with Crippen molar-refractivity contribution in [2.75, 3.05) is 18.4 Å². The summed E-state index contributed by atoms with van der Waals surface area (Å²) in [5.74, 6) is -0.200. The van der Waals surface area contributed by atoms with E-state index in [0.29, 0.717) is 10.8 Å². The molecular formula is C11H12ClN7O6S. The van der Waals surface area contributed by atoms with Gasteiger partial charge >= 0.3 is 5.76 Å². The lowest BCUT2D eigenvalue weighted by Gasteiger charge is -2.04. The molecule has 0 aromatic carbocycles. The Morgan fingerprint density at radius 3 is 2.77 bits per heavy atom. The first-order chi connectivity index (χ1) is 12.3. The largest absolute Gasteiger partial charge is 0.466 e. The van der Waals surface area contributed by atoms with Crippen molar-refractivity contribution in [3.8, 4) is 11.5 Å². The molecule has 3 rings (SSSR count). The van der Waals surface area contributed by atoms with E-state index < -0.39 is 16.0 Å². The monoisotopic (exact) mass is 405 g/mol. The second-order valence-corrected chi connectivity index (χ2v) is 6.73. The quantitative estimate of drug-likeness (QED) is 0.408. The third kappa shape index (κ3) is 4.29. The summed E-state index contributed by atoms with van der Waals surface area (Å²) < 4.78 is 39.4. The Labute approximate surface area is 150 Å². The second-order valence-electron chi connectivity index (χ2n) is 4.92. The maximum atomic E-state index is 11.9. The van der Waals surface area contributed by atoms with Crippen molar-refractivity contribution in [3.05, 3.63) is 33.7 Å². The van der Waals surface area contributed by atoms with Gasteiger partial charge in [-0.3, -0.25) is 4.52 Å². The fourth-order valence-electron chi connectivity index (χ4n) is 2.00. The number of nitrogens with one attached hydrogen (secondary N) is 2. The molecule has 3 aromatic rings. The Hall–Kier alpha value is -2.68. The van der Waals surface area contributed by atoms with E-state index in [1.54, 1.807) is 0 Å². The lowest BCUT2D eigenvalue weighted by molar-refractivity contribution is 0.309. The average Bonchev–Trinajstić information content (AvgIpc) is 3.26. The zero-order valence-corrected chi connectivity index (χ0v) is 14.5. The number of furan rings is 1. The van der Waals surface area contributed by atoms with Crippen LogP contribution in [0.3, 0.4) is 0 Å². The third-order valence-corrected chi connectivity index (χ3v) is 3.85. The van der Waals surface area contributed by atoms with Crippen molar-refractivity contribution in [2.24, 2.45) is 5.14 Å². The van der Waals surface area contributed by atoms with Gasteiger partial charge in [-0.1, -0.05) is 16.8 Å². The molecule has 13 nitrogen and oxygen atoms in total. The fourth-order valence-corrected chi connectivity index (χ4v) is 2.55. The van der Waals surface area contributed by atoms with Crippen LogP contribution in [0, 0.1) is 0 Å². The topological polar surface area (TPSA) is 184 Å². The van der Waals surface area contributed by atoms with Crippen LogP contribution in [-0.2, 0) is 16.8 Å². The number of hydrogen-bond donors (Lipinski definition) is 3. The van der Waals surface area contributed by atoms with Crippen LogP contribution in [-0.4, -0.2) is 41.5 Å². The molecule has 0 aliphatic carbocycles. The Morgan fingerprint density at radius 2 is 2.08 bits per heavy atom. The van der Waals surface area contributed by atoms with E-state index in [1.807, 2.05) is 0 Å². The van der Waals surface area contributed by atoms with Gasteiger partial charge in [-0.25, -0.2) is 23.9 Å². The van der Waals surface area contributed by atoms with Crippen molar-refractivity contribution < 1.29 is 22.0 Å². The summed E-state index contributed by atoms with van der Waals surface area (Å²) in [6.45, 7) is 0.0961. The highest BCUT2D eigenvalue weighted by Crippen LogP contribution is 2.23. The molecule has 0 atom stereocenters. The summed E-state index contributed by atoms with van der Waals surface area (Å²) in [5.41, 5.74) is 0.0871. The maximum absolute atomic E-state index is 11.9. The number of aromatic nitrogens is 4. The Morgan fingerprint density at radius 1 is 1.27 bits per heavy atom. The van der Waals surface area contributed by atoms with Crippen molar-refractivity contribution in [1.82, 2.24) is 24.8 Å². The number of rotatable bonds is 8. The molecule has 0 unspecified atom stereocenters. The van der Waals surface area contributed by atoms with E-state index in [1.165, 1.54) is 12.3 Å². The van der Waals surface area contributed by atoms with E-state index in [2.05, 4.69) is 34.7 Å². The number of hydrogen-bond acceptors (Lipinski definition) is 10. The van der Waals surface area contributed by atoms with Crippen LogP contribution in [0.2, 0.25) is 5.02 Å². The van der Waals surface area contributed by atoms with Gasteiger partial charge in [0.15, 0.2) is 5.69 Å². The van der Waals surface area contributed by atoms with Gasteiger partial charge in [0.05, 0.1) is 11.6 Å². The molecule has 0 spiro atoms. The van der Waals surface area contributed by atoms with Gasteiger partial charge in [-0.2, -0.15) is 8.42 Å². The van der Waals surface area contributed by atoms with Crippen molar-refractivity contribution >= 4 is 27.6 Å². The summed E-state index contributed by atoms with van der Waals surface area (Å²) in [6.07, 6.45) is 1.32. The van der Waals surface area contributed by atoms with Gasteiger partial charge in [-0.05, 0) is 10.3 Å². The highest BCUT2D eigenvalue weighted by Gasteiger charge is 2.22. The number of nitrogens with zero attached hydrogens (tertiary/aromatic N) is 4. The molecular weight excluding hydrogens is 394 g/mol. The molecule has 0 aliphatic heterocycles. The van der Waals surface area contributed by atoms with Crippen LogP contribution in [0.4, 0.5) is 5.82 Å². The molecule has 0 radical (unpaired) electrons. The lowest BCUT2D eigenvalue weighted by Crippen LogP contribution is -2.34. The standard InChI is InChI=1S/C11H12ClN7O6S/c12-6-3-7(23-5-6)4-19-10(18-24-11(19)20)8-9(17-25-16-8)14-1-2-15-26(13,21)22/h3,5,15H,1-2,4H2,(H,14,17)(H2,13,21,22). The van der Waals surface area contributed by atoms with E-state index in [9.17, 15) is 13.2 Å². The number of halogens is 1. The predicted molar refractivity (Wildman–Crippen MR) is 86.5 cm³/mol. The van der Waals surface area contributed by atoms with Crippen LogP contribution < -0.4 is 20.9 Å². The van der Waals surface area contributed by atoms with Crippen LogP contribution in [0.5, 0.6) is 0 Å². The minimum Gasteiger partial charge on any atom is -0.466 e. The molecule has 26 heavy (non-hydrogen) atoms. The van der Waals surface area contributed by atoms with Crippen LogP contribution in [0.25, 0.3) is 11.5 Å². The summed E-state index contributed by atoms with van der Waals surface area (Å²) >= 11 is 5.78. The predicted octanol–water partition coefficient (Wildman–Crippen LogP) is -0.614. The highest BCUT2D eigenvalue weighted by atomic mass is 35.5. The van der Waals surface area contributed by atoms with E-state index in [4.69, 9.17) is 21.2 Å². The summed E-state index contributed by atoms with van der Waals surface area (Å²) in [4.78, 5) is 11.9. The lowest BCUT2D eigenvalue weighted by atomic mass is 10.3. The fraction of sp³-hybridized carbons (Fsp3) is 0.273. The van der Waals surface area contributed by atoms with Gasteiger partial charge in [0.1, 0.15) is 12.0 Å². The van der Waals surface area contributed by atoms with Gasteiger partial charge < -0.3 is 9.73 Å². The van der Waals surface area contributed by atoms with Crippen molar-refractivity contribution in [3.63, 3.8) is 0 Å². The molecule has 0 amide bonds. The SMILES string of the molecule is NS(=O)(=O)NCCNc1nonc1-c1noc(=O)n1Cc1cc(Cl)co1. The zero-order chi connectivity index (χ0) is 18.7. The van der Waals surface area contributed by atoms with Gasteiger partial charge in [-0.15, -0.1) is 0 Å². The van der Waals surface area contributed by atoms with E-state index in [0.717, 1.165) is 4.57 Å². The summed E-state index contributed by atoms with van der Waals surface area (Å²) in [6, 6.07) is 1.53. The Kier molecular flexibility index (Phi) is 5.08. The minimum atomic E-state index is -3.81. The molecule has 0 saturated carbocycles. The first-order valence-electron chi connectivity index (χ1n) is 6.97. The smallest absolute Gasteiger partial charge is 0.442 e. The average molecular weight is 406 g/mol. The molecule has 0 saturated heterocycles. The van der Waals surface area contributed by atoms with Crippen molar-refractivity contribution in [2.45, 2.75) is 6.54 Å². The second kappa shape index (κ2) is 7.28. The molecule has 3 aromatic heterocycles. The Balaban J connectivity index is 1.78. The number of anilines is 1. The van der Waals surface area contributed by atoms with Gasteiger partial charge in [0.25, 0.3) is 10.2 Å². The maximum Gasteiger partial charge on any atom is 0.442 e. The Bertz CT molecular complexity index is 1050. The molecule has 3 heterocycles. The van der Waals surface area contributed by atoms with Crippen LogP contribution >= 0.6 is 11.6 Å². The van der Waals surface area contributed by atoms with Crippen molar-refractivity contribution in [1.29, 1.82) is 0 Å². The molecule has 0 fully saturated rings. The number of nitrogens with two attached hydrogens (primary N) is 1. The van der Waals surface area contributed by atoms with Crippen LogP contribution in [0.1, 0.15) is 5.76 Å². The molecule has 0 bridgehead atoms. The first-order valence-corrected chi connectivity index (χ1v) is 8.89. The molecule has 15 heteroatoms. The highest BCUT2D eigenvalue weighted by molar-refractivity contribution is 7.87. The molecule has 0 aliphatic rings. The van der Waals surface area contributed by atoms with Gasteiger partial charge in [0.2, 0.25) is 11.6 Å². The first kappa shape index (κ1) is 18.1. The normalized spacial score (nSPS) is 11.8. The van der Waals surface area contributed by atoms with E-state index >= 15 is 0 Å². The third-order valence-electron chi connectivity index (χ3n) is 3.04. The van der Waals surface area contributed by atoms with Crippen LogP contribution in [0.15, 0.2) is 30.7 Å². The minimum absolute atomic E-state index is 0.0103. The molecule has 4 N–H and O–H groups in total. The summed E-state index contributed by atoms with van der Waals surface area (Å²) in [7, 11) is -3.81. The molecule has 140 valence electrons. The zero-order valence-electron chi connectivity index (χ0n) is 12.9. The van der Waals surface area contributed by atoms with Gasteiger partial charge in [0, 0.05) is 19.2 Å². The summed E-state index contributed by atoms with van der Waals surface area (Å²) in [5, 5.41) is 19.0.